The molecular weight excluding hydrogens is 444 g/mol. The lowest BCUT2D eigenvalue weighted by Crippen LogP contribution is -2.31. The standard InChI is InChI=1S/C20H23BrN2O4S/c21-16-6-5-7-17(14-16)22-20(24)15-27-18-8-10-19(11-9-18)28(25,26)23-12-3-1-2-4-13-23/h5-11,14H,1-4,12-13,15H2,(H,22,24). The number of ether oxygens (including phenoxy) is 1. The van der Waals surface area contributed by atoms with Crippen molar-refractivity contribution in [3.05, 3.63) is 53.0 Å². The molecule has 3 rings (SSSR count). The lowest BCUT2D eigenvalue weighted by molar-refractivity contribution is -0.118. The van der Waals surface area contributed by atoms with Crippen molar-refractivity contribution in [2.75, 3.05) is 25.0 Å². The summed E-state index contributed by atoms with van der Waals surface area (Å²) in [7, 11) is -3.48. The van der Waals surface area contributed by atoms with Crippen LogP contribution in [0.2, 0.25) is 0 Å². The molecule has 150 valence electrons. The predicted octanol–water partition coefficient (Wildman–Crippen LogP) is 4.03. The Labute approximate surface area is 174 Å². The Morgan fingerprint density at radius 2 is 1.71 bits per heavy atom. The molecule has 1 aliphatic rings. The molecule has 0 aromatic heterocycles. The van der Waals surface area contributed by atoms with Gasteiger partial charge in [-0.05, 0) is 55.3 Å². The van der Waals surface area contributed by atoms with Crippen molar-refractivity contribution in [3.8, 4) is 5.75 Å². The zero-order valence-electron chi connectivity index (χ0n) is 15.4. The second kappa shape index (κ2) is 9.54. The fourth-order valence-electron chi connectivity index (χ4n) is 3.05. The van der Waals surface area contributed by atoms with Gasteiger partial charge in [-0.25, -0.2) is 8.42 Å². The Kier molecular flexibility index (Phi) is 7.09. The number of halogens is 1. The number of nitrogens with zero attached hydrogens (tertiary/aromatic N) is 1. The fourth-order valence-corrected chi connectivity index (χ4v) is 4.97. The van der Waals surface area contributed by atoms with E-state index in [4.69, 9.17) is 4.74 Å². The molecule has 2 aromatic rings. The molecule has 1 fully saturated rings. The lowest BCUT2D eigenvalue weighted by atomic mass is 10.2. The van der Waals surface area contributed by atoms with Crippen molar-refractivity contribution in [2.24, 2.45) is 0 Å². The van der Waals surface area contributed by atoms with E-state index in [0.29, 0.717) is 24.5 Å². The smallest absolute Gasteiger partial charge is 0.262 e. The van der Waals surface area contributed by atoms with Crippen LogP contribution < -0.4 is 10.1 Å². The van der Waals surface area contributed by atoms with Gasteiger partial charge in [0.05, 0.1) is 4.90 Å². The third-order valence-electron chi connectivity index (χ3n) is 4.50. The molecule has 1 N–H and O–H groups in total. The van der Waals surface area contributed by atoms with Gasteiger partial charge in [-0.1, -0.05) is 34.8 Å². The topological polar surface area (TPSA) is 75.7 Å². The predicted molar refractivity (Wildman–Crippen MR) is 112 cm³/mol. The van der Waals surface area contributed by atoms with Crippen LogP contribution in [0.1, 0.15) is 25.7 Å². The van der Waals surface area contributed by atoms with Gasteiger partial charge in [0.15, 0.2) is 6.61 Å². The molecule has 8 heteroatoms. The summed E-state index contributed by atoms with van der Waals surface area (Å²) in [4.78, 5) is 12.3. The highest BCUT2D eigenvalue weighted by Crippen LogP contribution is 2.22. The van der Waals surface area contributed by atoms with Crippen LogP contribution in [0.25, 0.3) is 0 Å². The Bertz CT molecular complexity index is 908. The fraction of sp³-hybridized carbons (Fsp3) is 0.350. The Morgan fingerprint density at radius 3 is 2.36 bits per heavy atom. The van der Waals surface area contributed by atoms with Crippen molar-refractivity contribution in [1.29, 1.82) is 0 Å². The summed E-state index contributed by atoms with van der Waals surface area (Å²) in [5.74, 6) is 0.151. The van der Waals surface area contributed by atoms with Crippen molar-refractivity contribution < 1.29 is 17.9 Å². The van der Waals surface area contributed by atoms with Crippen molar-refractivity contribution in [2.45, 2.75) is 30.6 Å². The third-order valence-corrected chi connectivity index (χ3v) is 6.91. The monoisotopic (exact) mass is 466 g/mol. The van der Waals surface area contributed by atoms with E-state index in [1.54, 1.807) is 28.6 Å². The zero-order chi connectivity index (χ0) is 20.0. The van der Waals surface area contributed by atoms with E-state index in [0.717, 1.165) is 30.2 Å². The van der Waals surface area contributed by atoms with Gasteiger partial charge in [0, 0.05) is 23.2 Å². The van der Waals surface area contributed by atoms with Gasteiger partial charge in [-0.15, -0.1) is 0 Å². The summed E-state index contributed by atoms with van der Waals surface area (Å²) >= 11 is 3.35. The maximum Gasteiger partial charge on any atom is 0.262 e. The first-order chi connectivity index (χ1) is 13.4. The van der Waals surface area contributed by atoms with Crippen molar-refractivity contribution in [1.82, 2.24) is 4.31 Å². The molecule has 0 saturated carbocycles. The first-order valence-corrected chi connectivity index (χ1v) is 11.5. The van der Waals surface area contributed by atoms with Gasteiger partial charge in [-0.3, -0.25) is 4.79 Å². The number of amides is 1. The van der Waals surface area contributed by atoms with E-state index < -0.39 is 10.0 Å². The van der Waals surface area contributed by atoms with Crippen LogP contribution in [0.3, 0.4) is 0 Å². The van der Waals surface area contributed by atoms with Gasteiger partial charge in [-0.2, -0.15) is 4.31 Å². The Balaban J connectivity index is 1.57. The number of benzene rings is 2. The van der Waals surface area contributed by atoms with Gasteiger partial charge >= 0.3 is 0 Å². The molecule has 1 aliphatic heterocycles. The highest BCUT2D eigenvalue weighted by Gasteiger charge is 2.25. The molecule has 1 amide bonds. The normalized spacial score (nSPS) is 15.6. The Hall–Kier alpha value is -1.90. The van der Waals surface area contributed by atoms with Crippen LogP contribution >= 0.6 is 15.9 Å². The van der Waals surface area contributed by atoms with Crippen LogP contribution in [-0.2, 0) is 14.8 Å². The minimum Gasteiger partial charge on any atom is -0.484 e. The molecule has 1 saturated heterocycles. The average Bonchev–Trinajstić information content (AvgIpc) is 2.97. The van der Waals surface area contributed by atoms with Crippen LogP contribution in [-0.4, -0.2) is 38.3 Å². The zero-order valence-corrected chi connectivity index (χ0v) is 17.8. The molecule has 0 spiro atoms. The van der Waals surface area contributed by atoms with E-state index in [9.17, 15) is 13.2 Å². The summed E-state index contributed by atoms with van der Waals surface area (Å²) in [5, 5.41) is 2.74. The van der Waals surface area contributed by atoms with Gasteiger partial charge in [0.1, 0.15) is 5.75 Å². The number of hydrogen-bond acceptors (Lipinski definition) is 4. The van der Waals surface area contributed by atoms with E-state index in [2.05, 4.69) is 21.2 Å². The molecule has 1 heterocycles. The molecule has 0 bridgehead atoms. The summed E-state index contributed by atoms with van der Waals surface area (Å²) < 4.78 is 33.4. The quantitative estimate of drug-likeness (QED) is 0.696. The number of carbonyl (C=O) groups excluding carboxylic acids is 1. The minimum absolute atomic E-state index is 0.162. The van der Waals surface area contributed by atoms with E-state index in [-0.39, 0.29) is 17.4 Å². The maximum absolute atomic E-state index is 12.8. The van der Waals surface area contributed by atoms with E-state index >= 15 is 0 Å². The molecule has 28 heavy (non-hydrogen) atoms. The largest absolute Gasteiger partial charge is 0.484 e. The molecule has 2 aromatic carbocycles. The number of anilines is 1. The average molecular weight is 467 g/mol. The number of carbonyl (C=O) groups is 1. The lowest BCUT2D eigenvalue weighted by Gasteiger charge is -2.20. The second-order valence-electron chi connectivity index (χ2n) is 6.64. The van der Waals surface area contributed by atoms with Gasteiger partial charge < -0.3 is 10.1 Å². The van der Waals surface area contributed by atoms with Gasteiger partial charge in [0.2, 0.25) is 10.0 Å². The maximum atomic E-state index is 12.8. The van der Waals surface area contributed by atoms with Crippen molar-refractivity contribution >= 4 is 37.5 Å². The summed E-state index contributed by atoms with van der Waals surface area (Å²) in [6, 6.07) is 13.5. The third kappa shape index (κ3) is 5.56. The van der Waals surface area contributed by atoms with Crippen LogP contribution in [0.4, 0.5) is 5.69 Å². The minimum atomic E-state index is -3.48. The number of sulfonamides is 1. The summed E-state index contributed by atoms with van der Waals surface area (Å²) in [6.07, 6.45) is 3.93. The number of rotatable bonds is 6. The second-order valence-corrected chi connectivity index (χ2v) is 9.49. The molecule has 6 nitrogen and oxygen atoms in total. The number of nitrogens with one attached hydrogen (secondary N) is 1. The first kappa shape index (κ1) is 20.8. The van der Waals surface area contributed by atoms with Gasteiger partial charge in [0.25, 0.3) is 5.91 Å². The van der Waals surface area contributed by atoms with Crippen molar-refractivity contribution in [3.63, 3.8) is 0 Å². The summed E-state index contributed by atoms with van der Waals surface area (Å²) in [5.41, 5.74) is 0.668. The van der Waals surface area contributed by atoms with Crippen LogP contribution in [0, 0.1) is 0 Å². The summed E-state index contributed by atoms with van der Waals surface area (Å²) in [6.45, 7) is 0.970. The molecule has 0 unspecified atom stereocenters. The highest BCUT2D eigenvalue weighted by molar-refractivity contribution is 9.10. The van der Waals surface area contributed by atoms with E-state index in [1.807, 2.05) is 12.1 Å². The highest BCUT2D eigenvalue weighted by atomic mass is 79.9. The first-order valence-electron chi connectivity index (χ1n) is 9.23. The number of hydrogen-bond donors (Lipinski definition) is 1. The molecule has 0 aliphatic carbocycles. The molecular formula is C20H23BrN2O4S. The SMILES string of the molecule is O=C(COc1ccc(S(=O)(=O)N2CCCCCC2)cc1)Nc1cccc(Br)c1. The molecule has 0 radical (unpaired) electrons. The van der Waals surface area contributed by atoms with E-state index in [1.165, 1.54) is 12.1 Å². The Morgan fingerprint density at radius 1 is 1.04 bits per heavy atom. The van der Waals surface area contributed by atoms with Crippen LogP contribution in [0.15, 0.2) is 57.9 Å². The van der Waals surface area contributed by atoms with Crippen LogP contribution in [0.5, 0.6) is 5.75 Å². The molecule has 0 atom stereocenters.